The average Bonchev–Trinajstić information content (AvgIpc) is 2.94. The van der Waals surface area contributed by atoms with E-state index in [1.807, 2.05) is 37.3 Å². The van der Waals surface area contributed by atoms with Gasteiger partial charge in [0, 0.05) is 20.7 Å². The number of hydrogen-bond donors (Lipinski definition) is 0. The normalized spacial score (nSPS) is 14.2. The van der Waals surface area contributed by atoms with Crippen molar-refractivity contribution in [3.8, 4) is 17.1 Å². The van der Waals surface area contributed by atoms with Crippen molar-refractivity contribution in [2.24, 2.45) is 0 Å². The molecule has 1 aromatic heterocycles. The second kappa shape index (κ2) is 7.17. The average molecular weight is 347 g/mol. The van der Waals surface area contributed by atoms with E-state index in [0.29, 0.717) is 33.9 Å². The molecule has 0 unspecified atom stereocenters. The number of para-hydroxylation sites is 1. The van der Waals surface area contributed by atoms with Crippen LogP contribution in [-0.2, 0) is 0 Å². The minimum atomic E-state index is -0.998. The van der Waals surface area contributed by atoms with Crippen molar-refractivity contribution in [2.75, 3.05) is 0 Å². The smallest absolute Gasteiger partial charge is 0.190 e. The molecular weight excluding hydrogens is 318 g/mol. The Hall–Kier alpha value is -2.86. The third kappa shape index (κ3) is 3.15. The predicted octanol–water partition coefficient (Wildman–Crippen LogP) is 6.65. The molecule has 0 amide bonds. The van der Waals surface area contributed by atoms with Gasteiger partial charge < -0.3 is 0 Å². The number of aryl methyl sites for hydroxylation is 1. The number of aromatic nitrogens is 2. The van der Waals surface area contributed by atoms with Crippen LogP contribution in [0.15, 0.2) is 48.7 Å². The molecule has 26 heavy (non-hydrogen) atoms. The first kappa shape index (κ1) is 13.4. The van der Waals surface area contributed by atoms with Crippen molar-refractivity contribution in [2.45, 2.75) is 46.4 Å². The Morgan fingerprint density at radius 3 is 2.35 bits per heavy atom. The molecule has 0 N–H and O–H groups in total. The van der Waals surface area contributed by atoms with E-state index in [2.05, 4.69) is 9.83 Å². The van der Waals surface area contributed by atoms with Crippen molar-refractivity contribution < 1.29 is 5.48 Å². The Labute approximate surface area is 161 Å². The van der Waals surface area contributed by atoms with Gasteiger partial charge in [-0.05, 0) is 41.5 Å². The maximum absolute atomic E-state index is 8.67. The summed E-state index contributed by atoms with van der Waals surface area (Å²) in [5.74, 6) is -1.64. The maximum Gasteiger partial charge on any atom is 0.190 e. The van der Waals surface area contributed by atoms with E-state index >= 15 is 0 Å². The molecular formula is C23H25N3. The summed E-state index contributed by atoms with van der Waals surface area (Å²) in [5.41, 5.74) is 3.76. The molecule has 3 heteroatoms. The lowest BCUT2D eigenvalue weighted by molar-refractivity contribution is 0.807. The SMILES string of the molecule is [2H]c1nc(-c2ccc(C)c([N+]#[C-])c2)n(-c2c(C([2H])(C)C)cccc2C([2H])(C)C)c1[2H]. The highest BCUT2D eigenvalue weighted by Gasteiger charge is 2.18. The van der Waals surface area contributed by atoms with Crippen molar-refractivity contribution >= 4 is 5.69 Å². The quantitative estimate of drug-likeness (QED) is 0.485. The Morgan fingerprint density at radius 2 is 1.77 bits per heavy atom. The van der Waals surface area contributed by atoms with E-state index in [-0.39, 0.29) is 12.3 Å². The molecule has 0 aliphatic carbocycles. The number of nitrogens with zero attached hydrogens (tertiary/aromatic N) is 3. The molecule has 0 bridgehead atoms. The summed E-state index contributed by atoms with van der Waals surface area (Å²) in [5, 5.41) is 0. The van der Waals surface area contributed by atoms with Gasteiger partial charge in [-0.25, -0.2) is 9.83 Å². The van der Waals surface area contributed by atoms with Crippen LogP contribution < -0.4 is 0 Å². The topological polar surface area (TPSA) is 22.2 Å². The molecule has 3 rings (SSSR count). The molecule has 3 aromatic rings. The number of rotatable bonds is 4. The van der Waals surface area contributed by atoms with Crippen molar-refractivity contribution in [1.29, 1.82) is 0 Å². The first-order valence-electron chi connectivity index (χ1n) is 10.5. The van der Waals surface area contributed by atoms with Gasteiger partial charge >= 0.3 is 0 Å². The summed E-state index contributed by atoms with van der Waals surface area (Å²) in [6.45, 7) is 16.3. The van der Waals surface area contributed by atoms with Crippen LogP contribution in [0.2, 0.25) is 0 Å². The van der Waals surface area contributed by atoms with E-state index in [1.54, 1.807) is 38.3 Å². The van der Waals surface area contributed by atoms with E-state index < -0.39 is 11.8 Å². The van der Waals surface area contributed by atoms with Crippen LogP contribution in [0.4, 0.5) is 5.69 Å². The molecule has 0 saturated carbocycles. The highest BCUT2D eigenvalue weighted by molar-refractivity contribution is 5.68. The Balaban J connectivity index is 2.46. The van der Waals surface area contributed by atoms with Gasteiger partial charge in [-0.15, -0.1) is 0 Å². The second-order valence-corrected chi connectivity index (χ2v) is 6.81. The van der Waals surface area contributed by atoms with Crippen LogP contribution in [0.1, 0.15) is 61.7 Å². The highest BCUT2D eigenvalue weighted by Crippen LogP contribution is 2.34. The second-order valence-electron chi connectivity index (χ2n) is 6.81. The summed E-state index contributed by atoms with van der Waals surface area (Å²) >= 11 is 0. The molecule has 1 heterocycles. The first-order valence-corrected chi connectivity index (χ1v) is 8.55. The summed E-state index contributed by atoms with van der Waals surface area (Å²) < 4.78 is 35.7. The molecule has 132 valence electrons. The number of hydrogen-bond acceptors (Lipinski definition) is 1. The zero-order valence-electron chi connectivity index (χ0n) is 19.8. The molecule has 2 aromatic carbocycles. The standard InChI is InChI=1S/C23H25N3/c1-15(2)19-8-7-9-20(16(3)4)22(19)26-13-12-25-23(26)18-11-10-17(5)21(14-18)24-6/h7-16H,1-5H3/i12D,13D,15D,16D. The summed E-state index contributed by atoms with van der Waals surface area (Å²) in [7, 11) is 0. The van der Waals surface area contributed by atoms with Crippen LogP contribution >= 0.6 is 0 Å². The van der Waals surface area contributed by atoms with E-state index in [9.17, 15) is 0 Å². The zero-order chi connectivity index (χ0) is 22.4. The molecule has 0 fully saturated rings. The summed E-state index contributed by atoms with van der Waals surface area (Å²) in [4.78, 5) is 7.89. The van der Waals surface area contributed by atoms with Gasteiger partial charge in [-0.2, -0.15) is 0 Å². The van der Waals surface area contributed by atoms with Crippen LogP contribution in [0, 0.1) is 13.5 Å². The van der Waals surface area contributed by atoms with Crippen molar-refractivity contribution in [1.82, 2.24) is 9.55 Å². The fourth-order valence-corrected chi connectivity index (χ4v) is 3.05. The highest BCUT2D eigenvalue weighted by atomic mass is 15.1. The van der Waals surface area contributed by atoms with E-state index in [4.69, 9.17) is 12.1 Å². The van der Waals surface area contributed by atoms with Crippen LogP contribution in [0.3, 0.4) is 0 Å². The van der Waals surface area contributed by atoms with Crippen LogP contribution in [0.5, 0.6) is 0 Å². The monoisotopic (exact) mass is 347 g/mol. The minimum absolute atomic E-state index is 0.114. The fourth-order valence-electron chi connectivity index (χ4n) is 3.05. The zero-order valence-corrected chi connectivity index (χ0v) is 15.8. The molecule has 0 atom stereocenters. The Morgan fingerprint density at radius 1 is 1.12 bits per heavy atom. The van der Waals surface area contributed by atoms with Crippen molar-refractivity contribution in [3.63, 3.8) is 0 Å². The maximum atomic E-state index is 8.67. The number of benzene rings is 2. The van der Waals surface area contributed by atoms with Gasteiger partial charge in [0.25, 0.3) is 0 Å². The summed E-state index contributed by atoms with van der Waals surface area (Å²) in [6.07, 6.45) is -0.307. The molecule has 0 aliphatic rings. The van der Waals surface area contributed by atoms with Gasteiger partial charge in [0.1, 0.15) is 5.82 Å². The van der Waals surface area contributed by atoms with E-state index in [0.717, 1.165) is 5.56 Å². The van der Waals surface area contributed by atoms with Crippen LogP contribution in [0.25, 0.3) is 21.9 Å². The van der Waals surface area contributed by atoms with Gasteiger partial charge in [0.15, 0.2) is 5.69 Å². The lowest BCUT2D eigenvalue weighted by Crippen LogP contribution is -2.07. The minimum Gasteiger partial charge on any atom is -0.299 e. The third-order valence-corrected chi connectivity index (χ3v) is 4.46. The Bertz CT molecular complexity index is 1130. The Kier molecular flexibility index (Phi) is 3.69. The van der Waals surface area contributed by atoms with Gasteiger partial charge in [-0.3, -0.25) is 4.57 Å². The molecule has 0 saturated heterocycles. The molecule has 0 spiro atoms. The van der Waals surface area contributed by atoms with E-state index in [1.165, 1.54) is 0 Å². The first-order chi connectivity index (χ1) is 13.9. The molecule has 0 aliphatic heterocycles. The fraction of sp³-hybridized carbons (Fsp3) is 0.304. The molecule has 3 nitrogen and oxygen atoms in total. The lowest BCUT2D eigenvalue weighted by atomic mass is 9.92. The molecule has 0 radical (unpaired) electrons. The number of imidazole rings is 1. The van der Waals surface area contributed by atoms with Crippen LogP contribution in [-0.4, -0.2) is 9.55 Å². The van der Waals surface area contributed by atoms with Gasteiger partial charge in [0.05, 0.1) is 15.0 Å². The van der Waals surface area contributed by atoms with Crippen molar-refractivity contribution in [3.05, 3.63) is 76.9 Å². The predicted molar refractivity (Wildman–Crippen MR) is 108 cm³/mol. The largest absolute Gasteiger partial charge is 0.299 e. The van der Waals surface area contributed by atoms with Gasteiger partial charge in [-0.1, -0.05) is 58.0 Å². The third-order valence-electron chi connectivity index (χ3n) is 4.46. The summed E-state index contributed by atoms with van der Waals surface area (Å²) in [6, 6.07) is 10.8. The lowest BCUT2D eigenvalue weighted by Gasteiger charge is -2.22. The van der Waals surface area contributed by atoms with Gasteiger partial charge in [0.2, 0.25) is 0 Å².